The van der Waals surface area contributed by atoms with Crippen molar-refractivity contribution in [3.8, 4) is 0 Å². The molecule has 3 rings (SSSR count). The van der Waals surface area contributed by atoms with E-state index in [1.54, 1.807) is 12.1 Å². The molecule has 0 aliphatic carbocycles. The standard InChI is InChI=1S/C20H24N4O2/c1-14-9-15(12-21-11-14)13-24(2)8-7-22-20(26)17-3-5-18-16(10-17)4-6-19(25)23-18/h3,5,9-12H,4,6-8,13H2,1-2H3,(H,22,26)(H,23,25). The van der Waals surface area contributed by atoms with E-state index < -0.39 is 0 Å². The molecule has 0 unspecified atom stereocenters. The lowest BCUT2D eigenvalue weighted by molar-refractivity contribution is -0.116. The summed E-state index contributed by atoms with van der Waals surface area (Å²) in [7, 11) is 2.02. The van der Waals surface area contributed by atoms with Crippen molar-refractivity contribution in [2.75, 3.05) is 25.5 Å². The van der Waals surface area contributed by atoms with Gasteiger partial charge in [-0.05, 0) is 55.3 Å². The van der Waals surface area contributed by atoms with Crippen molar-refractivity contribution in [2.45, 2.75) is 26.3 Å². The van der Waals surface area contributed by atoms with Gasteiger partial charge in [-0.25, -0.2) is 0 Å². The van der Waals surface area contributed by atoms with Gasteiger partial charge in [0.25, 0.3) is 5.91 Å². The van der Waals surface area contributed by atoms with Crippen LogP contribution in [0, 0.1) is 6.92 Å². The number of aryl methyl sites for hydroxylation is 2. The van der Waals surface area contributed by atoms with Crippen LogP contribution in [-0.2, 0) is 17.8 Å². The fourth-order valence-electron chi connectivity index (χ4n) is 3.08. The van der Waals surface area contributed by atoms with Crippen molar-refractivity contribution in [3.05, 3.63) is 58.9 Å². The van der Waals surface area contributed by atoms with E-state index in [2.05, 4.69) is 26.6 Å². The molecule has 0 saturated carbocycles. The highest BCUT2D eigenvalue weighted by molar-refractivity contribution is 5.97. The summed E-state index contributed by atoms with van der Waals surface area (Å²) in [6.45, 7) is 4.15. The van der Waals surface area contributed by atoms with Crippen LogP contribution in [0.2, 0.25) is 0 Å². The molecule has 6 nitrogen and oxygen atoms in total. The molecule has 0 radical (unpaired) electrons. The lowest BCUT2D eigenvalue weighted by Gasteiger charge is -2.18. The van der Waals surface area contributed by atoms with Crippen LogP contribution < -0.4 is 10.6 Å². The number of benzene rings is 1. The molecule has 2 heterocycles. The second-order valence-corrected chi connectivity index (χ2v) is 6.78. The van der Waals surface area contributed by atoms with Gasteiger partial charge in [-0.1, -0.05) is 6.07 Å². The van der Waals surface area contributed by atoms with E-state index in [4.69, 9.17) is 0 Å². The van der Waals surface area contributed by atoms with Crippen LogP contribution in [0.4, 0.5) is 5.69 Å². The third-order valence-electron chi connectivity index (χ3n) is 4.43. The van der Waals surface area contributed by atoms with E-state index >= 15 is 0 Å². The van der Waals surface area contributed by atoms with Crippen LogP contribution in [0.3, 0.4) is 0 Å². The van der Waals surface area contributed by atoms with Crippen LogP contribution >= 0.6 is 0 Å². The zero-order valence-electron chi connectivity index (χ0n) is 15.2. The Bertz CT molecular complexity index is 819. The fraction of sp³-hybridized carbons (Fsp3) is 0.350. The van der Waals surface area contributed by atoms with Crippen molar-refractivity contribution in [3.63, 3.8) is 0 Å². The van der Waals surface area contributed by atoms with Crippen LogP contribution in [0.1, 0.15) is 33.5 Å². The number of hydrogen-bond acceptors (Lipinski definition) is 4. The van der Waals surface area contributed by atoms with Gasteiger partial charge in [-0.2, -0.15) is 0 Å². The van der Waals surface area contributed by atoms with Crippen molar-refractivity contribution < 1.29 is 9.59 Å². The van der Waals surface area contributed by atoms with Crippen molar-refractivity contribution >= 4 is 17.5 Å². The van der Waals surface area contributed by atoms with Crippen molar-refractivity contribution in [2.24, 2.45) is 0 Å². The number of aromatic nitrogens is 1. The average Bonchev–Trinajstić information content (AvgIpc) is 2.61. The summed E-state index contributed by atoms with van der Waals surface area (Å²) in [5, 5.41) is 5.79. The third kappa shape index (κ3) is 4.67. The van der Waals surface area contributed by atoms with Gasteiger partial charge in [0.05, 0.1) is 0 Å². The molecule has 2 amide bonds. The molecule has 0 atom stereocenters. The summed E-state index contributed by atoms with van der Waals surface area (Å²) in [5.41, 5.74) is 4.76. The molecule has 1 aliphatic heterocycles. The molecule has 2 aromatic rings. The number of amides is 2. The minimum absolute atomic E-state index is 0.0292. The van der Waals surface area contributed by atoms with E-state index in [0.29, 0.717) is 24.9 Å². The normalized spacial score (nSPS) is 13.3. The first kappa shape index (κ1) is 18.1. The molecular weight excluding hydrogens is 328 g/mol. The Balaban J connectivity index is 1.49. The Morgan fingerprint density at radius 3 is 2.92 bits per heavy atom. The Kier molecular flexibility index (Phi) is 5.63. The maximum atomic E-state index is 12.4. The number of likely N-dealkylation sites (N-methyl/N-ethyl adjacent to an activating group) is 1. The molecular formula is C20H24N4O2. The Hall–Kier alpha value is -2.73. The number of pyridine rings is 1. The third-order valence-corrected chi connectivity index (χ3v) is 4.43. The van der Waals surface area contributed by atoms with Crippen LogP contribution in [-0.4, -0.2) is 41.8 Å². The lowest BCUT2D eigenvalue weighted by Crippen LogP contribution is -2.33. The molecule has 0 fully saturated rings. The van der Waals surface area contributed by atoms with Gasteiger partial charge in [-0.15, -0.1) is 0 Å². The molecule has 26 heavy (non-hydrogen) atoms. The number of hydrogen-bond donors (Lipinski definition) is 2. The fourth-order valence-corrected chi connectivity index (χ4v) is 3.08. The van der Waals surface area contributed by atoms with Gasteiger partial charge >= 0.3 is 0 Å². The lowest BCUT2D eigenvalue weighted by atomic mass is 10.00. The van der Waals surface area contributed by atoms with Gasteiger partial charge in [0.15, 0.2) is 0 Å². The van der Waals surface area contributed by atoms with E-state index in [9.17, 15) is 9.59 Å². The highest BCUT2D eigenvalue weighted by atomic mass is 16.2. The van der Waals surface area contributed by atoms with Crippen molar-refractivity contribution in [1.29, 1.82) is 0 Å². The van der Waals surface area contributed by atoms with E-state index in [1.165, 1.54) is 0 Å². The molecule has 0 bridgehead atoms. The van der Waals surface area contributed by atoms with E-state index in [0.717, 1.165) is 35.5 Å². The SMILES string of the molecule is Cc1cncc(CN(C)CCNC(=O)c2ccc3c(c2)CCC(=O)N3)c1. The number of fused-ring (bicyclic) bond motifs is 1. The first-order valence-electron chi connectivity index (χ1n) is 8.81. The number of nitrogens with zero attached hydrogens (tertiary/aromatic N) is 2. The van der Waals surface area contributed by atoms with Crippen molar-refractivity contribution in [1.82, 2.24) is 15.2 Å². The molecule has 0 spiro atoms. The molecule has 136 valence electrons. The second-order valence-electron chi connectivity index (χ2n) is 6.78. The first-order chi connectivity index (χ1) is 12.5. The zero-order chi connectivity index (χ0) is 18.5. The van der Waals surface area contributed by atoms with Crippen LogP contribution in [0.25, 0.3) is 0 Å². The van der Waals surface area contributed by atoms with Gasteiger partial charge in [0.2, 0.25) is 5.91 Å². The Labute approximate surface area is 153 Å². The minimum atomic E-state index is -0.0877. The maximum absolute atomic E-state index is 12.4. The van der Waals surface area contributed by atoms with Crippen LogP contribution in [0.5, 0.6) is 0 Å². The van der Waals surface area contributed by atoms with Gasteiger partial charge in [0.1, 0.15) is 0 Å². The molecule has 0 saturated heterocycles. The smallest absolute Gasteiger partial charge is 0.251 e. The molecule has 1 aromatic carbocycles. The summed E-state index contributed by atoms with van der Waals surface area (Å²) < 4.78 is 0. The minimum Gasteiger partial charge on any atom is -0.351 e. The first-order valence-corrected chi connectivity index (χ1v) is 8.81. The quantitative estimate of drug-likeness (QED) is 0.835. The Morgan fingerprint density at radius 1 is 1.27 bits per heavy atom. The van der Waals surface area contributed by atoms with Gasteiger partial charge in [0, 0.05) is 49.7 Å². The molecule has 6 heteroatoms. The second kappa shape index (κ2) is 8.10. The molecule has 1 aliphatic rings. The summed E-state index contributed by atoms with van der Waals surface area (Å²) >= 11 is 0. The number of nitrogens with one attached hydrogen (secondary N) is 2. The number of anilines is 1. The largest absolute Gasteiger partial charge is 0.351 e. The van der Waals surface area contributed by atoms with Crippen LogP contribution in [0.15, 0.2) is 36.7 Å². The zero-order valence-corrected chi connectivity index (χ0v) is 15.2. The Morgan fingerprint density at radius 2 is 2.12 bits per heavy atom. The average molecular weight is 352 g/mol. The topological polar surface area (TPSA) is 74.3 Å². The number of carbonyl (C=O) groups is 2. The predicted molar refractivity (Wildman–Crippen MR) is 101 cm³/mol. The highest BCUT2D eigenvalue weighted by Crippen LogP contribution is 2.23. The summed E-state index contributed by atoms with van der Waals surface area (Å²) in [6.07, 6.45) is 4.86. The summed E-state index contributed by atoms with van der Waals surface area (Å²) in [5.74, 6) is -0.0585. The summed E-state index contributed by atoms with van der Waals surface area (Å²) in [4.78, 5) is 30.1. The van der Waals surface area contributed by atoms with Gasteiger partial charge in [-0.3, -0.25) is 14.6 Å². The number of carbonyl (C=O) groups excluding carboxylic acids is 2. The van der Waals surface area contributed by atoms with E-state index in [-0.39, 0.29) is 11.8 Å². The predicted octanol–water partition coefficient (Wildman–Crippen LogP) is 2.14. The van der Waals surface area contributed by atoms with E-state index in [1.807, 2.05) is 32.4 Å². The monoisotopic (exact) mass is 352 g/mol. The maximum Gasteiger partial charge on any atom is 0.251 e. The number of rotatable bonds is 6. The molecule has 2 N–H and O–H groups in total. The van der Waals surface area contributed by atoms with Gasteiger partial charge < -0.3 is 15.5 Å². The molecule has 1 aromatic heterocycles. The summed E-state index contributed by atoms with van der Waals surface area (Å²) in [6, 6.07) is 7.54. The highest BCUT2D eigenvalue weighted by Gasteiger charge is 2.16.